The second kappa shape index (κ2) is 11.6. The van der Waals surface area contributed by atoms with Crippen molar-refractivity contribution in [2.24, 2.45) is 16.8 Å². The highest BCUT2D eigenvalue weighted by atomic mass is 19.4. The average molecular weight is 610 g/mol. The Bertz CT molecular complexity index is 1560. The van der Waals surface area contributed by atoms with E-state index in [0.717, 1.165) is 24.7 Å². The van der Waals surface area contributed by atoms with Crippen LogP contribution in [-0.4, -0.2) is 84.8 Å². The van der Waals surface area contributed by atoms with E-state index in [-0.39, 0.29) is 47.2 Å². The molecular formula is C32H34F3N5O4. The van der Waals surface area contributed by atoms with E-state index in [1.54, 1.807) is 12.1 Å². The molecule has 3 fully saturated rings. The van der Waals surface area contributed by atoms with Crippen molar-refractivity contribution in [3.63, 3.8) is 0 Å². The molecule has 1 aromatic carbocycles. The van der Waals surface area contributed by atoms with Crippen molar-refractivity contribution in [1.29, 1.82) is 0 Å². The number of allylic oxidation sites excluding steroid dienone is 1. The van der Waals surface area contributed by atoms with E-state index in [1.807, 2.05) is 31.0 Å². The van der Waals surface area contributed by atoms with Crippen molar-refractivity contribution in [3.8, 4) is 5.75 Å². The number of nitrogens with zero attached hydrogens (tertiary/aromatic N) is 4. The minimum absolute atomic E-state index is 0.0144. The summed E-state index contributed by atoms with van der Waals surface area (Å²) in [6.07, 6.45) is 2.66. The predicted octanol–water partition coefficient (Wildman–Crippen LogP) is 4.11. The van der Waals surface area contributed by atoms with Crippen LogP contribution in [0.25, 0.3) is 0 Å². The Morgan fingerprint density at radius 2 is 1.98 bits per heavy atom. The lowest BCUT2D eigenvalue weighted by molar-refractivity contribution is -0.138. The van der Waals surface area contributed by atoms with Crippen LogP contribution in [0.4, 0.5) is 13.2 Å². The van der Waals surface area contributed by atoms with Gasteiger partial charge in [-0.15, -0.1) is 0 Å². The molecule has 3 heterocycles. The number of pyridine rings is 1. The van der Waals surface area contributed by atoms with Crippen LogP contribution in [-0.2, 0) is 17.5 Å². The number of likely N-dealkylation sites (N-methyl/N-ethyl adjacent to an activating group) is 1. The Kier molecular flexibility index (Phi) is 7.93. The maximum atomic E-state index is 14.0. The normalized spacial score (nSPS) is 26.9. The fourth-order valence-electron chi connectivity index (χ4n) is 6.18. The maximum Gasteiger partial charge on any atom is 0.416 e. The smallest absolute Gasteiger partial charge is 0.416 e. The molecule has 2 aromatic rings. The van der Waals surface area contributed by atoms with Crippen molar-refractivity contribution in [2.75, 3.05) is 40.3 Å². The van der Waals surface area contributed by atoms with Crippen LogP contribution in [0.1, 0.15) is 45.3 Å². The number of rotatable bonds is 7. The first kappa shape index (κ1) is 30.2. The number of fused-ring (bicyclic) bond motifs is 3. The first-order chi connectivity index (χ1) is 20.9. The molecule has 1 saturated carbocycles. The van der Waals surface area contributed by atoms with E-state index in [9.17, 15) is 22.8 Å². The maximum absolute atomic E-state index is 14.0. The van der Waals surface area contributed by atoms with Gasteiger partial charge in [-0.05, 0) is 55.5 Å². The van der Waals surface area contributed by atoms with Crippen molar-refractivity contribution in [3.05, 3.63) is 82.4 Å². The van der Waals surface area contributed by atoms with E-state index in [1.165, 1.54) is 31.6 Å². The molecule has 2 amide bonds. The van der Waals surface area contributed by atoms with Crippen LogP contribution in [0.3, 0.4) is 0 Å². The molecule has 232 valence electrons. The molecule has 6 rings (SSSR count). The highest BCUT2D eigenvalue weighted by Gasteiger charge is 2.64. The third-order valence-electron chi connectivity index (χ3n) is 8.81. The van der Waals surface area contributed by atoms with E-state index in [4.69, 9.17) is 9.47 Å². The summed E-state index contributed by atoms with van der Waals surface area (Å²) in [6.45, 7) is 5.14. The number of hydrogen-bond donors (Lipinski definition) is 1. The topological polar surface area (TPSA) is 96.4 Å². The number of carbonyl (C=O) groups excluding carboxylic acids is 2. The largest absolute Gasteiger partial charge is 0.458 e. The van der Waals surface area contributed by atoms with Gasteiger partial charge in [0.25, 0.3) is 11.8 Å². The summed E-state index contributed by atoms with van der Waals surface area (Å²) >= 11 is 0. The lowest BCUT2D eigenvalue weighted by Crippen LogP contribution is -2.44. The van der Waals surface area contributed by atoms with Crippen molar-refractivity contribution in [2.45, 2.75) is 37.8 Å². The summed E-state index contributed by atoms with van der Waals surface area (Å²) in [5, 5.41) is 2.53. The minimum Gasteiger partial charge on any atom is -0.458 e. The van der Waals surface area contributed by atoms with Crippen LogP contribution >= 0.6 is 0 Å². The first-order valence-electron chi connectivity index (χ1n) is 14.6. The molecule has 2 unspecified atom stereocenters. The van der Waals surface area contributed by atoms with Crippen LogP contribution in [0.2, 0.25) is 0 Å². The van der Waals surface area contributed by atoms with Crippen LogP contribution < -0.4 is 10.1 Å². The zero-order valence-corrected chi connectivity index (χ0v) is 24.7. The van der Waals surface area contributed by atoms with Gasteiger partial charge in [0.2, 0.25) is 0 Å². The predicted molar refractivity (Wildman–Crippen MR) is 156 cm³/mol. The number of alkyl halides is 3. The zero-order chi connectivity index (χ0) is 31.2. The molecule has 44 heavy (non-hydrogen) atoms. The van der Waals surface area contributed by atoms with Gasteiger partial charge in [0.05, 0.1) is 17.3 Å². The Morgan fingerprint density at radius 1 is 1.20 bits per heavy atom. The third kappa shape index (κ3) is 6.06. The summed E-state index contributed by atoms with van der Waals surface area (Å²) in [4.78, 5) is 37.1. The number of aromatic nitrogens is 1. The Hall–Kier alpha value is -3.87. The first-order valence-corrected chi connectivity index (χ1v) is 14.6. The lowest BCUT2D eigenvalue weighted by Gasteiger charge is -2.32. The molecule has 0 spiro atoms. The van der Waals surface area contributed by atoms with Crippen LogP contribution in [0.5, 0.6) is 5.75 Å². The van der Waals surface area contributed by atoms with E-state index in [0.29, 0.717) is 31.0 Å². The molecule has 4 atom stereocenters. The van der Waals surface area contributed by atoms with Gasteiger partial charge in [-0.1, -0.05) is 6.07 Å². The number of ether oxygens (including phenoxy) is 2. The van der Waals surface area contributed by atoms with E-state index in [2.05, 4.69) is 20.2 Å². The number of nitrogens with one attached hydrogen (secondary N) is 1. The van der Waals surface area contributed by atoms with Gasteiger partial charge in [-0.2, -0.15) is 13.2 Å². The number of hydrogen-bond acceptors (Lipinski definition) is 7. The van der Waals surface area contributed by atoms with Gasteiger partial charge in [-0.3, -0.25) is 19.5 Å². The fraction of sp³-hybridized carbons (Fsp3) is 0.438. The van der Waals surface area contributed by atoms with Crippen LogP contribution in [0.15, 0.2) is 65.0 Å². The molecule has 2 aliphatic heterocycles. The van der Waals surface area contributed by atoms with Crippen molar-refractivity contribution < 1.29 is 32.2 Å². The summed E-state index contributed by atoms with van der Waals surface area (Å²) in [7, 11) is 3.52. The Balaban J connectivity index is 1.13. The Labute approximate surface area is 253 Å². The highest BCUT2D eigenvalue weighted by molar-refractivity contribution is 6.00. The van der Waals surface area contributed by atoms with Gasteiger partial charge in [0.15, 0.2) is 0 Å². The summed E-state index contributed by atoms with van der Waals surface area (Å²) < 4.78 is 54.3. The van der Waals surface area contributed by atoms with Gasteiger partial charge < -0.3 is 19.7 Å². The second-order valence-electron chi connectivity index (χ2n) is 11.9. The number of piperazine rings is 1. The molecule has 2 aliphatic carbocycles. The van der Waals surface area contributed by atoms with Crippen molar-refractivity contribution >= 4 is 18.0 Å². The lowest BCUT2D eigenvalue weighted by atomic mass is 9.85. The molecule has 9 nitrogen and oxygen atoms in total. The van der Waals surface area contributed by atoms with Crippen LogP contribution in [0, 0.1) is 11.8 Å². The van der Waals surface area contributed by atoms with Gasteiger partial charge in [-0.25, -0.2) is 4.99 Å². The minimum atomic E-state index is -4.59. The molecule has 1 aromatic heterocycles. The van der Waals surface area contributed by atoms with E-state index >= 15 is 0 Å². The quantitative estimate of drug-likeness (QED) is 0.472. The molecule has 1 N–H and O–H groups in total. The average Bonchev–Trinajstić information content (AvgIpc) is 3.57. The summed E-state index contributed by atoms with van der Waals surface area (Å²) in [6, 6.07) is 6.95. The number of carbonyl (C=O) groups is 2. The molecule has 12 heteroatoms. The van der Waals surface area contributed by atoms with Gasteiger partial charge in [0, 0.05) is 82.1 Å². The Morgan fingerprint density at radius 3 is 2.70 bits per heavy atom. The van der Waals surface area contributed by atoms with E-state index < -0.39 is 23.2 Å². The van der Waals surface area contributed by atoms with Gasteiger partial charge >= 0.3 is 6.18 Å². The summed E-state index contributed by atoms with van der Waals surface area (Å²) in [5.74, 6) is -0.160. The van der Waals surface area contributed by atoms with Crippen molar-refractivity contribution in [1.82, 2.24) is 20.1 Å². The number of aliphatic imine (C=N–C) groups is 1. The SMILES string of the molecule is CNC(=O)c1cc(OC2=CCC3(C)O[C@@H]4C(C=NC(=O)c5ccc(CN6CCN(C)CC6)c(C(F)(F)F)c5)[C@@H]4C3=C2)ccn1. The zero-order valence-electron chi connectivity index (χ0n) is 24.7. The molecule has 4 aliphatic rings. The highest BCUT2D eigenvalue weighted by Crippen LogP contribution is 2.60. The molecule has 2 saturated heterocycles. The molecule has 0 radical (unpaired) electrons. The second-order valence-corrected chi connectivity index (χ2v) is 11.9. The fourth-order valence-corrected chi connectivity index (χ4v) is 6.18. The summed E-state index contributed by atoms with van der Waals surface area (Å²) in [5.41, 5.74) is -0.0164. The monoisotopic (exact) mass is 609 g/mol. The molecule has 0 bridgehead atoms. The number of halogens is 3. The third-order valence-corrected chi connectivity index (χ3v) is 8.81. The van der Waals surface area contributed by atoms with Gasteiger partial charge in [0.1, 0.15) is 17.2 Å². The molecular weight excluding hydrogens is 575 g/mol. The standard InChI is InChI=1S/C32H34F3N5O4/c1-31-8-6-21(43-22-7-9-37-26(16-22)30(42)36-2)15-25(31)27-23(28(27)44-31)17-38-29(41)19-4-5-20(24(14-19)32(33,34)35)18-40-12-10-39(3)11-13-40/h4-7,9,14-17,23,27-28H,8,10-13,18H2,1-3H3,(H,36,42)/t23?,27-,28-,31?/m1/s1. The number of amides is 2. The number of benzene rings is 1.